The summed E-state index contributed by atoms with van der Waals surface area (Å²) < 4.78 is 5.42. The van der Waals surface area contributed by atoms with Crippen molar-refractivity contribution in [1.82, 2.24) is 5.16 Å². The largest absolute Gasteiger partial charge is 0.506 e. The Bertz CT molecular complexity index is 591. The first-order valence-corrected chi connectivity index (χ1v) is 5.48. The van der Waals surface area contributed by atoms with Crippen LogP contribution in [0.15, 0.2) is 27.2 Å². The van der Waals surface area contributed by atoms with E-state index in [0.717, 1.165) is 5.56 Å². The molecule has 17 heavy (non-hydrogen) atoms. The molecule has 6 heteroatoms. The van der Waals surface area contributed by atoms with Crippen LogP contribution in [0.1, 0.15) is 16.1 Å². The minimum absolute atomic E-state index is 0.00177. The Balaban J connectivity index is 2.53. The fraction of sp³-hybridized carbons (Fsp3) is 0.0909. The Labute approximate surface area is 105 Å². The number of aromatic carboxylic acids is 1. The minimum atomic E-state index is -1.18. The third-order valence-electron chi connectivity index (χ3n) is 2.30. The second-order valence-electron chi connectivity index (χ2n) is 3.47. The topological polar surface area (TPSA) is 83.6 Å². The molecule has 0 aliphatic carbocycles. The van der Waals surface area contributed by atoms with Crippen molar-refractivity contribution in [3.05, 3.63) is 33.9 Å². The molecular formula is C11H8BrNO4. The van der Waals surface area contributed by atoms with E-state index in [2.05, 4.69) is 21.1 Å². The van der Waals surface area contributed by atoms with Gasteiger partial charge in [-0.1, -0.05) is 11.2 Å². The summed E-state index contributed by atoms with van der Waals surface area (Å²) in [6, 6.07) is 4.68. The maximum Gasteiger partial charge on any atom is 0.358 e. The molecule has 0 aliphatic heterocycles. The van der Waals surface area contributed by atoms with E-state index in [0.29, 0.717) is 10.0 Å². The molecule has 0 radical (unpaired) electrons. The average molecular weight is 298 g/mol. The Morgan fingerprint density at radius 1 is 1.47 bits per heavy atom. The molecule has 0 fully saturated rings. The Hall–Kier alpha value is -1.82. The van der Waals surface area contributed by atoms with Crippen LogP contribution in [-0.4, -0.2) is 21.3 Å². The zero-order chi connectivity index (χ0) is 12.6. The maximum atomic E-state index is 10.7. The first-order valence-electron chi connectivity index (χ1n) is 4.69. The zero-order valence-electron chi connectivity index (χ0n) is 8.77. The maximum absolute atomic E-state index is 10.7. The molecular weight excluding hydrogens is 290 g/mol. The van der Waals surface area contributed by atoms with E-state index in [1.165, 1.54) is 6.07 Å². The SMILES string of the molecule is Cc1ccc(-c2cc(C(=O)O)no2)c(O)c1Br. The van der Waals surface area contributed by atoms with Gasteiger partial charge in [0.15, 0.2) is 11.5 Å². The number of carbonyl (C=O) groups is 1. The molecule has 2 rings (SSSR count). The number of halogens is 1. The highest BCUT2D eigenvalue weighted by atomic mass is 79.9. The van der Waals surface area contributed by atoms with Gasteiger partial charge in [0.05, 0.1) is 10.0 Å². The van der Waals surface area contributed by atoms with Gasteiger partial charge in [-0.25, -0.2) is 4.79 Å². The highest BCUT2D eigenvalue weighted by Gasteiger charge is 2.16. The number of phenolic OH excluding ortho intramolecular Hbond substituents is 1. The number of hydrogen-bond acceptors (Lipinski definition) is 4. The summed E-state index contributed by atoms with van der Waals surface area (Å²) in [5, 5.41) is 22.0. The lowest BCUT2D eigenvalue weighted by molar-refractivity contribution is 0.0686. The van der Waals surface area contributed by atoms with Crippen LogP contribution in [0.2, 0.25) is 0 Å². The second kappa shape index (κ2) is 4.21. The van der Waals surface area contributed by atoms with E-state index in [9.17, 15) is 9.90 Å². The molecule has 88 valence electrons. The minimum Gasteiger partial charge on any atom is -0.506 e. The molecule has 0 bridgehead atoms. The summed E-state index contributed by atoms with van der Waals surface area (Å²) in [4.78, 5) is 10.7. The Kier molecular flexibility index (Phi) is 2.89. The third-order valence-corrected chi connectivity index (χ3v) is 3.30. The van der Waals surface area contributed by atoms with Crippen molar-refractivity contribution in [2.24, 2.45) is 0 Å². The number of aromatic nitrogens is 1. The summed E-state index contributed by atoms with van der Waals surface area (Å²) in [5.41, 5.74) is 1.06. The average Bonchev–Trinajstić information content (AvgIpc) is 2.75. The van der Waals surface area contributed by atoms with Crippen molar-refractivity contribution >= 4 is 21.9 Å². The normalized spacial score (nSPS) is 10.5. The van der Waals surface area contributed by atoms with E-state index in [4.69, 9.17) is 9.63 Å². The summed E-state index contributed by atoms with van der Waals surface area (Å²) in [5.74, 6) is -0.968. The number of nitrogens with zero attached hydrogens (tertiary/aromatic N) is 1. The van der Waals surface area contributed by atoms with Crippen molar-refractivity contribution in [3.63, 3.8) is 0 Å². The van der Waals surface area contributed by atoms with Crippen molar-refractivity contribution in [3.8, 4) is 17.1 Å². The molecule has 2 aromatic rings. The number of hydrogen-bond donors (Lipinski definition) is 2. The lowest BCUT2D eigenvalue weighted by Crippen LogP contribution is -1.94. The van der Waals surface area contributed by atoms with Gasteiger partial charge in [0, 0.05) is 6.07 Å². The second-order valence-corrected chi connectivity index (χ2v) is 4.27. The predicted octanol–water partition coefficient (Wildman–Crippen LogP) is 2.82. The lowest BCUT2D eigenvalue weighted by atomic mass is 10.1. The van der Waals surface area contributed by atoms with Crippen LogP contribution in [0.5, 0.6) is 5.75 Å². The number of carboxylic acids is 1. The zero-order valence-corrected chi connectivity index (χ0v) is 10.4. The fourth-order valence-electron chi connectivity index (χ4n) is 1.37. The van der Waals surface area contributed by atoms with E-state index in [1.54, 1.807) is 12.1 Å². The molecule has 1 aromatic carbocycles. The van der Waals surface area contributed by atoms with Crippen LogP contribution in [0.4, 0.5) is 0 Å². The molecule has 0 saturated carbocycles. The van der Waals surface area contributed by atoms with Crippen molar-refractivity contribution < 1.29 is 19.5 Å². The quantitative estimate of drug-likeness (QED) is 0.890. The number of rotatable bonds is 2. The van der Waals surface area contributed by atoms with Gasteiger partial charge >= 0.3 is 5.97 Å². The van der Waals surface area contributed by atoms with E-state index < -0.39 is 5.97 Å². The Morgan fingerprint density at radius 3 is 2.76 bits per heavy atom. The molecule has 0 spiro atoms. The molecule has 0 aliphatic rings. The monoisotopic (exact) mass is 297 g/mol. The Morgan fingerprint density at radius 2 is 2.18 bits per heavy atom. The van der Waals surface area contributed by atoms with Gasteiger partial charge in [-0.3, -0.25) is 0 Å². The lowest BCUT2D eigenvalue weighted by Gasteiger charge is -2.05. The molecule has 1 heterocycles. The van der Waals surface area contributed by atoms with Gasteiger partial charge in [0.2, 0.25) is 0 Å². The van der Waals surface area contributed by atoms with Crippen LogP contribution in [0.3, 0.4) is 0 Å². The van der Waals surface area contributed by atoms with Gasteiger partial charge < -0.3 is 14.7 Å². The van der Waals surface area contributed by atoms with E-state index in [-0.39, 0.29) is 17.2 Å². The number of aryl methyl sites for hydroxylation is 1. The summed E-state index contributed by atoms with van der Waals surface area (Å²) >= 11 is 3.23. The van der Waals surface area contributed by atoms with E-state index >= 15 is 0 Å². The molecule has 0 saturated heterocycles. The highest BCUT2D eigenvalue weighted by Crippen LogP contribution is 2.37. The number of benzene rings is 1. The highest BCUT2D eigenvalue weighted by molar-refractivity contribution is 9.10. The van der Waals surface area contributed by atoms with E-state index in [1.807, 2.05) is 6.92 Å². The predicted molar refractivity (Wildman–Crippen MR) is 63.0 cm³/mol. The first kappa shape index (κ1) is 11.7. The van der Waals surface area contributed by atoms with Gasteiger partial charge in [-0.2, -0.15) is 0 Å². The molecule has 1 aromatic heterocycles. The van der Waals surface area contributed by atoms with Gasteiger partial charge in [0.25, 0.3) is 0 Å². The molecule has 0 atom stereocenters. The first-order chi connectivity index (χ1) is 8.00. The van der Waals surface area contributed by atoms with Crippen LogP contribution in [-0.2, 0) is 0 Å². The van der Waals surface area contributed by atoms with Crippen molar-refractivity contribution in [2.45, 2.75) is 6.92 Å². The van der Waals surface area contributed by atoms with Gasteiger partial charge in [0.1, 0.15) is 5.75 Å². The summed E-state index contributed by atoms with van der Waals surface area (Å²) in [6.45, 7) is 1.83. The van der Waals surface area contributed by atoms with Crippen LogP contribution < -0.4 is 0 Å². The van der Waals surface area contributed by atoms with Crippen molar-refractivity contribution in [1.29, 1.82) is 0 Å². The summed E-state index contributed by atoms with van der Waals surface area (Å²) in [7, 11) is 0. The molecule has 5 nitrogen and oxygen atoms in total. The summed E-state index contributed by atoms with van der Waals surface area (Å²) in [6.07, 6.45) is 0. The standard InChI is InChI=1S/C11H8BrNO4/c1-5-2-3-6(10(14)9(5)12)8-4-7(11(15)16)13-17-8/h2-4,14H,1H3,(H,15,16). The number of aromatic hydroxyl groups is 1. The fourth-order valence-corrected chi connectivity index (χ4v) is 1.71. The van der Waals surface area contributed by atoms with Crippen molar-refractivity contribution in [2.75, 3.05) is 0 Å². The third kappa shape index (κ3) is 2.03. The molecule has 0 unspecified atom stereocenters. The van der Waals surface area contributed by atoms with Gasteiger partial charge in [-0.05, 0) is 34.5 Å². The van der Waals surface area contributed by atoms with Crippen LogP contribution >= 0.6 is 15.9 Å². The van der Waals surface area contributed by atoms with Crippen LogP contribution in [0.25, 0.3) is 11.3 Å². The number of carboxylic acid groups (broad SMARTS) is 1. The number of phenols is 1. The molecule has 0 amide bonds. The molecule has 2 N–H and O–H groups in total. The van der Waals surface area contributed by atoms with Gasteiger partial charge in [-0.15, -0.1) is 0 Å². The smallest absolute Gasteiger partial charge is 0.358 e. The van der Waals surface area contributed by atoms with Crippen LogP contribution in [0, 0.1) is 6.92 Å².